The second kappa shape index (κ2) is 5.50. The number of rotatable bonds is 5. The Balaban J connectivity index is 2.98. The highest BCUT2D eigenvalue weighted by Gasteiger charge is 2.26. The third kappa shape index (κ3) is 2.72. The monoisotopic (exact) mass is 227 g/mol. The van der Waals surface area contributed by atoms with E-state index >= 15 is 0 Å². The molecule has 1 heterocycles. The van der Waals surface area contributed by atoms with Crippen molar-refractivity contribution in [2.45, 2.75) is 12.2 Å². The van der Waals surface area contributed by atoms with Crippen molar-refractivity contribution in [3.05, 3.63) is 34.1 Å². The Hall–Kier alpha value is -1.57. The molecule has 0 saturated heterocycles. The molecule has 0 saturated carbocycles. The molecule has 0 amide bonds. The van der Waals surface area contributed by atoms with Crippen LogP contribution in [0.2, 0.25) is 0 Å². The van der Waals surface area contributed by atoms with E-state index in [1.165, 1.54) is 18.3 Å². The average molecular weight is 227 g/mol. The maximum atomic E-state index is 10.7. The van der Waals surface area contributed by atoms with Crippen molar-refractivity contribution in [1.29, 1.82) is 0 Å². The number of aromatic nitrogens is 1. The summed E-state index contributed by atoms with van der Waals surface area (Å²) >= 11 is 0. The van der Waals surface area contributed by atoms with E-state index in [0.29, 0.717) is 0 Å². The van der Waals surface area contributed by atoms with Crippen molar-refractivity contribution in [2.75, 3.05) is 13.6 Å². The van der Waals surface area contributed by atoms with Gasteiger partial charge < -0.3 is 15.5 Å². The van der Waals surface area contributed by atoms with Gasteiger partial charge >= 0.3 is 0 Å². The van der Waals surface area contributed by atoms with Crippen molar-refractivity contribution in [2.24, 2.45) is 0 Å². The molecule has 0 aliphatic rings. The maximum Gasteiger partial charge on any atom is 0.293 e. The Morgan fingerprint density at radius 3 is 2.88 bits per heavy atom. The molecule has 0 fully saturated rings. The summed E-state index contributed by atoms with van der Waals surface area (Å²) in [5.74, 6) is 0. The normalized spacial score (nSPS) is 14.4. The van der Waals surface area contributed by atoms with Crippen LogP contribution in [0, 0.1) is 10.1 Å². The number of likely N-dealkylation sites (N-methyl/N-ethyl adjacent to an activating group) is 1. The molecule has 3 N–H and O–H groups in total. The Morgan fingerprint density at radius 1 is 1.62 bits per heavy atom. The Morgan fingerprint density at radius 2 is 2.31 bits per heavy atom. The third-order valence-corrected chi connectivity index (χ3v) is 2.07. The zero-order chi connectivity index (χ0) is 12.1. The quantitative estimate of drug-likeness (QED) is 0.466. The smallest absolute Gasteiger partial charge is 0.293 e. The molecule has 0 aliphatic heterocycles. The van der Waals surface area contributed by atoms with Crippen LogP contribution in [0.5, 0.6) is 0 Å². The van der Waals surface area contributed by atoms with Crippen molar-refractivity contribution >= 4 is 5.69 Å². The minimum Gasteiger partial charge on any atom is -0.389 e. The molecule has 1 rings (SSSR count). The van der Waals surface area contributed by atoms with Crippen molar-refractivity contribution in [3.63, 3.8) is 0 Å². The van der Waals surface area contributed by atoms with E-state index in [-0.39, 0.29) is 17.9 Å². The topological polar surface area (TPSA) is 109 Å². The summed E-state index contributed by atoms with van der Waals surface area (Å²) in [6, 6.07) is 2.64. The highest BCUT2D eigenvalue weighted by molar-refractivity contribution is 5.36. The van der Waals surface area contributed by atoms with E-state index in [0.717, 1.165) is 0 Å². The predicted molar refractivity (Wildman–Crippen MR) is 55.8 cm³/mol. The molecule has 1 aromatic heterocycles. The van der Waals surface area contributed by atoms with Crippen LogP contribution < -0.4 is 5.32 Å². The van der Waals surface area contributed by atoms with Crippen LogP contribution in [0.25, 0.3) is 0 Å². The summed E-state index contributed by atoms with van der Waals surface area (Å²) < 4.78 is 0. The van der Waals surface area contributed by atoms with Gasteiger partial charge in [0, 0.05) is 18.8 Å². The fourth-order valence-corrected chi connectivity index (χ4v) is 1.29. The molecule has 7 nitrogen and oxygen atoms in total. The Labute approximate surface area is 91.9 Å². The number of hydrogen-bond donors (Lipinski definition) is 3. The zero-order valence-electron chi connectivity index (χ0n) is 8.70. The molecule has 0 spiro atoms. The van der Waals surface area contributed by atoms with Gasteiger partial charge in [-0.15, -0.1) is 0 Å². The van der Waals surface area contributed by atoms with Crippen LogP contribution in [0.4, 0.5) is 5.69 Å². The molecular formula is C9H13N3O4. The molecule has 2 unspecified atom stereocenters. The molecule has 0 radical (unpaired) electrons. The molecule has 2 atom stereocenters. The number of aliphatic hydroxyl groups is 2. The summed E-state index contributed by atoms with van der Waals surface area (Å²) in [7, 11) is 1.60. The van der Waals surface area contributed by atoms with E-state index in [1.54, 1.807) is 7.05 Å². The van der Waals surface area contributed by atoms with Gasteiger partial charge in [-0.2, -0.15) is 0 Å². The largest absolute Gasteiger partial charge is 0.389 e. The van der Waals surface area contributed by atoms with Crippen molar-refractivity contribution < 1.29 is 15.1 Å². The second-order valence-electron chi connectivity index (χ2n) is 3.23. The lowest BCUT2D eigenvalue weighted by Gasteiger charge is -2.16. The van der Waals surface area contributed by atoms with Gasteiger partial charge in [0.25, 0.3) is 5.69 Å². The predicted octanol–water partition coefficient (Wildman–Crippen LogP) is -0.397. The summed E-state index contributed by atoms with van der Waals surface area (Å²) in [4.78, 5) is 13.7. The van der Waals surface area contributed by atoms with E-state index in [4.69, 9.17) is 0 Å². The standard InChI is InChI=1S/C9H13N3O4/c1-10-5-7(13)9(14)8-6(12(15)16)3-2-4-11-8/h2-4,7,9-10,13-14H,5H2,1H3. The first-order valence-electron chi connectivity index (χ1n) is 4.68. The molecule has 0 aromatic carbocycles. The number of aliphatic hydroxyl groups excluding tert-OH is 2. The highest BCUT2D eigenvalue weighted by Crippen LogP contribution is 2.24. The molecule has 88 valence electrons. The average Bonchev–Trinajstić information content (AvgIpc) is 2.28. The van der Waals surface area contributed by atoms with Crippen LogP contribution in [-0.4, -0.2) is 39.8 Å². The minimum atomic E-state index is -1.38. The van der Waals surface area contributed by atoms with E-state index in [2.05, 4.69) is 10.3 Å². The molecule has 16 heavy (non-hydrogen) atoms. The fourth-order valence-electron chi connectivity index (χ4n) is 1.29. The Bertz CT molecular complexity index is 372. The molecule has 0 bridgehead atoms. The molecule has 0 aliphatic carbocycles. The van der Waals surface area contributed by atoms with Crippen molar-refractivity contribution in [3.8, 4) is 0 Å². The lowest BCUT2D eigenvalue weighted by Crippen LogP contribution is -2.30. The van der Waals surface area contributed by atoms with Crippen LogP contribution in [0.15, 0.2) is 18.3 Å². The van der Waals surface area contributed by atoms with E-state index < -0.39 is 17.1 Å². The van der Waals surface area contributed by atoms with Gasteiger partial charge in [-0.3, -0.25) is 15.1 Å². The lowest BCUT2D eigenvalue weighted by molar-refractivity contribution is -0.386. The van der Waals surface area contributed by atoms with Gasteiger partial charge in [0.05, 0.1) is 11.0 Å². The van der Waals surface area contributed by atoms with Crippen LogP contribution >= 0.6 is 0 Å². The van der Waals surface area contributed by atoms with Gasteiger partial charge in [-0.05, 0) is 13.1 Å². The lowest BCUT2D eigenvalue weighted by atomic mass is 10.1. The number of nitrogens with zero attached hydrogens (tertiary/aromatic N) is 2. The molecule has 1 aromatic rings. The molecular weight excluding hydrogens is 214 g/mol. The summed E-state index contributed by atoms with van der Waals surface area (Å²) in [6.45, 7) is 0.120. The minimum absolute atomic E-state index is 0.120. The zero-order valence-corrected chi connectivity index (χ0v) is 8.70. The summed E-state index contributed by atoms with van der Waals surface area (Å²) in [6.07, 6.45) is -1.19. The van der Waals surface area contributed by atoms with Gasteiger partial charge in [-0.25, -0.2) is 0 Å². The van der Waals surface area contributed by atoms with E-state index in [9.17, 15) is 20.3 Å². The van der Waals surface area contributed by atoms with Crippen LogP contribution in [-0.2, 0) is 0 Å². The first-order valence-corrected chi connectivity index (χ1v) is 4.68. The van der Waals surface area contributed by atoms with Crippen LogP contribution in [0.3, 0.4) is 0 Å². The highest BCUT2D eigenvalue weighted by atomic mass is 16.6. The fraction of sp³-hybridized carbons (Fsp3) is 0.444. The maximum absolute atomic E-state index is 10.7. The van der Waals surface area contributed by atoms with E-state index in [1.807, 2.05) is 0 Å². The van der Waals surface area contributed by atoms with Gasteiger partial charge in [0.1, 0.15) is 11.8 Å². The van der Waals surface area contributed by atoms with Gasteiger partial charge in [-0.1, -0.05) is 0 Å². The van der Waals surface area contributed by atoms with Crippen molar-refractivity contribution in [1.82, 2.24) is 10.3 Å². The van der Waals surface area contributed by atoms with Crippen LogP contribution in [0.1, 0.15) is 11.8 Å². The number of nitro groups is 1. The SMILES string of the molecule is CNCC(O)C(O)c1ncccc1[N+](=O)[O-]. The first kappa shape index (κ1) is 12.5. The number of pyridine rings is 1. The number of hydrogen-bond acceptors (Lipinski definition) is 6. The Kier molecular flexibility index (Phi) is 4.29. The molecule has 7 heteroatoms. The summed E-state index contributed by atoms with van der Waals surface area (Å²) in [5, 5.41) is 32.5. The first-order chi connectivity index (χ1) is 7.57. The number of nitrogens with one attached hydrogen (secondary N) is 1. The summed E-state index contributed by atoms with van der Waals surface area (Å²) in [5.41, 5.74) is -0.430. The van der Waals surface area contributed by atoms with Gasteiger partial charge in [0.15, 0.2) is 0 Å². The second-order valence-corrected chi connectivity index (χ2v) is 3.23. The third-order valence-electron chi connectivity index (χ3n) is 2.07. The van der Waals surface area contributed by atoms with Gasteiger partial charge in [0.2, 0.25) is 0 Å².